The van der Waals surface area contributed by atoms with Crippen LogP contribution in [0.25, 0.3) is 0 Å². The molecule has 2 rings (SSSR count). The summed E-state index contributed by atoms with van der Waals surface area (Å²) in [6, 6.07) is 12.6. The highest BCUT2D eigenvalue weighted by Gasteiger charge is 2.37. The predicted molar refractivity (Wildman–Crippen MR) is 100 cm³/mol. The molecule has 28 heavy (non-hydrogen) atoms. The van der Waals surface area contributed by atoms with E-state index in [4.69, 9.17) is 9.47 Å². The number of aryl methyl sites for hydroxylation is 2. The first kappa shape index (κ1) is 20.7. The average molecular weight is 384 g/mol. The van der Waals surface area contributed by atoms with E-state index < -0.39 is 35.9 Å². The smallest absolute Gasteiger partial charge is 0.349 e. The lowest BCUT2D eigenvalue weighted by molar-refractivity contribution is -0.153. The molecule has 2 N–H and O–H groups in total. The number of aliphatic hydroxyl groups excluding tert-OH is 1. The lowest BCUT2D eigenvalue weighted by Crippen LogP contribution is -2.42. The Labute approximate surface area is 161 Å². The van der Waals surface area contributed by atoms with E-state index in [1.54, 1.807) is 24.3 Å². The van der Waals surface area contributed by atoms with Gasteiger partial charge in [-0.15, -0.1) is 0 Å². The largest absolute Gasteiger partial charge is 0.509 e. The number of rotatable bonds is 7. The minimum atomic E-state index is -1.97. The number of aliphatic carboxylic acids is 1. The lowest BCUT2D eigenvalue weighted by atomic mass is 10.1. The Morgan fingerprint density at radius 2 is 1.11 bits per heavy atom. The van der Waals surface area contributed by atoms with Gasteiger partial charge in [-0.2, -0.15) is 0 Å². The second-order valence-corrected chi connectivity index (χ2v) is 6.21. The van der Waals surface area contributed by atoms with Gasteiger partial charge in [0.1, 0.15) is 5.76 Å². The van der Waals surface area contributed by atoms with Gasteiger partial charge in [0.15, 0.2) is 0 Å². The highest BCUT2D eigenvalue weighted by Crippen LogP contribution is 2.17. The van der Waals surface area contributed by atoms with E-state index in [9.17, 15) is 24.6 Å². The molecule has 2 aromatic rings. The highest BCUT2D eigenvalue weighted by atomic mass is 16.6. The van der Waals surface area contributed by atoms with Crippen molar-refractivity contribution in [2.45, 2.75) is 26.1 Å². The zero-order valence-corrected chi connectivity index (χ0v) is 15.4. The lowest BCUT2D eigenvalue weighted by Gasteiger charge is -2.23. The molecule has 2 aromatic carbocycles. The molecule has 0 bridgehead atoms. The maximum absolute atomic E-state index is 12.3. The van der Waals surface area contributed by atoms with Crippen LogP contribution in [-0.4, -0.2) is 40.3 Å². The van der Waals surface area contributed by atoms with E-state index >= 15 is 0 Å². The summed E-state index contributed by atoms with van der Waals surface area (Å²) >= 11 is 0. The summed E-state index contributed by atoms with van der Waals surface area (Å²) in [6.07, 6.45) is -3.75. The van der Waals surface area contributed by atoms with Gasteiger partial charge in [0.05, 0.1) is 11.1 Å². The van der Waals surface area contributed by atoms with Crippen LogP contribution in [0.4, 0.5) is 0 Å². The standard InChI is InChI=1S/C21H20O7/c1-12-4-8-15(9-5-12)20(25)27-17(14(3)22)18(19(23)24)28-21(26)16-10-6-13(2)7-11-16/h4-11,17-18,22H,3H2,1-2H3,(H,23,24)/t17-,18+/m1/s1. The normalized spacial score (nSPS) is 12.5. The molecule has 0 saturated carbocycles. The van der Waals surface area contributed by atoms with Gasteiger partial charge < -0.3 is 19.7 Å². The molecule has 0 aromatic heterocycles. The van der Waals surface area contributed by atoms with Gasteiger partial charge in [0.25, 0.3) is 0 Å². The first-order valence-electron chi connectivity index (χ1n) is 8.35. The van der Waals surface area contributed by atoms with E-state index in [0.29, 0.717) is 0 Å². The molecule has 0 unspecified atom stereocenters. The molecule has 0 saturated heterocycles. The third-order valence-electron chi connectivity index (χ3n) is 3.89. The van der Waals surface area contributed by atoms with Crippen molar-refractivity contribution in [2.75, 3.05) is 0 Å². The van der Waals surface area contributed by atoms with Gasteiger partial charge in [-0.05, 0) is 38.1 Å². The van der Waals surface area contributed by atoms with Crippen molar-refractivity contribution in [1.82, 2.24) is 0 Å². The Balaban J connectivity index is 2.21. The molecule has 146 valence electrons. The number of carboxylic acids is 1. The Morgan fingerprint density at radius 3 is 1.43 bits per heavy atom. The molecule has 0 heterocycles. The fourth-order valence-corrected chi connectivity index (χ4v) is 2.29. The average Bonchev–Trinajstić information content (AvgIpc) is 2.64. The predicted octanol–water partition coefficient (Wildman–Crippen LogP) is 3.21. The van der Waals surface area contributed by atoms with Crippen molar-refractivity contribution in [1.29, 1.82) is 0 Å². The SMILES string of the molecule is C=C(O)[C@@H](OC(=O)c1ccc(C)cc1)[C@H](OC(=O)c1ccc(C)cc1)C(=O)O. The minimum absolute atomic E-state index is 0.115. The van der Waals surface area contributed by atoms with Crippen LogP contribution >= 0.6 is 0 Å². The summed E-state index contributed by atoms with van der Waals surface area (Å²) < 4.78 is 10.1. The van der Waals surface area contributed by atoms with E-state index in [-0.39, 0.29) is 11.1 Å². The van der Waals surface area contributed by atoms with Crippen LogP contribution in [0.2, 0.25) is 0 Å². The number of hydrogen-bond acceptors (Lipinski definition) is 6. The van der Waals surface area contributed by atoms with Gasteiger partial charge in [-0.1, -0.05) is 42.0 Å². The highest BCUT2D eigenvalue weighted by molar-refractivity contribution is 5.92. The second-order valence-electron chi connectivity index (χ2n) is 6.21. The first-order valence-corrected chi connectivity index (χ1v) is 8.35. The van der Waals surface area contributed by atoms with Crippen LogP contribution in [0.1, 0.15) is 31.8 Å². The third-order valence-corrected chi connectivity index (χ3v) is 3.89. The summed E-state index contributed by atoms with van der Waals surface area (Å²) in [6.45, 7) is 6.89. The van der Waals surface area contributed by atoms with Crippen LogP contribution in [-0.2, 0) is 14.3 Å². The number of carbonyl (C=O) groups excluding carboxylic acids is 2. The van der Waals surface area contributed by atoms with E-state index in [2.05, 4.69) is 6.58 Å². The van der Waals surface area contributed by atoms with Crippen molar-refractivity contribution in [2.24, 2.45) is 0 Å². The zero-order valence-electron chi connectivity index (χ0n) is 15.4. The molecular weight excluding hydrogens is 364 g/mol. The minimum Gasteiger partial charge on any atom is -0.509 e. The zero-order chi connectivity index (χ0) is 20.8. The summed E-state index contributed by atoms with van der Waals surface area (Å²) in [5.41, 5.74) is 2.07. The van der Waals surface area contributed by atoms with Gasteiger partial charge in [0.2, 0.25) is 12.2 Å². The van der Waals surface area contributed by atoms with Crippen molar-refractivity contribution >= 4 is 17.9 Å². The summed E-state index contributed by atoms with van der Waals surface area (Å²) in [5.74, 6) is -4.19. The van der Waals surface area contributed by atoms with Gasteiger partial charge in [-0.3, -0.25) is 0 Å². The third kappa shape index (κ3) is 5.20. The molecule has 7 heteroatoms. The van der Waals surface area contributed by atoms with Crippen molar-refractivity contribution < 1.29 is 34.1 Å². The second kappa shape index (κ2) is 8.85. The molecule has 0 aliphatic heterocycles. The van der Waals surface area contributed by atoms with Crippen LogP contribution in [0, 0.1) is 13.8 Å². The van der Waals surface area contributed by atoms with E-state index in [0.717, 1.165) is 11.1 Å². The molecule has 2 atom stereocenters. The van der Waals surface area contributed by atoms with Crippen LogP contribution in [0.3, 0.4) is 0 Å². The van der Waals surface area contributed by atoms with Gasteiger partial charge >= 0.3 is 17.9 Å². The Morgan fingerprint density at radius 1 is 0.750 bits per heavy atom. The number of hydrogen-bond donors (Lipinski definition) is 2. The molecular formula is C21H20O7. The van der Waals surface area contributed by atoms with Gasteiger partial charge in [-0.25, -0.2) is 14.4 Å². The number of ether oxygens (including phenoxy) is 2. The fraction of sp³-hybridized carbons (Fsp3) is 0.190. The van der Waals surface area contributed by atoms with Crippen molar-refractivity contribution in [3.63, 3.8) is 0 Å². The number of benzene rings is 2. The number of aliphatic hydroxyl groups is 1. The number of carboxylic acid groups (broad SMARTS) is 1. The summed E-state index contributed by atoms with van der Waals surface area (Å²) in [5, 5.41) is 19.2. The Kier molecular flexibility index (Phi) is 6.55. The van der Waals surface area contributed by atoms with Crippen LogP contribution in [0.5, 0.6) is 0 Å². The maximum Gasteiger partial charge on any atom is 0.349 e. The fourth-order valence-electron chi connectivity index (χ4n) is 2.29. The molecule has 7 nitrogen and oxygen atoms in total. The maximum atomic E-state index is 12.3. The molecule has 0 fully saturated rings. The Bertz CT molecular complexity index is 806. The first-order chi connectivity index (χ1) is 13.2. The van der Waals surface area contributed by atoms with Gasteiger partial charge in [0, 0.05) is 0 Å². The Hall–Kier alpha value is -3.61. The molecule has 0 amide bonds. The molecule has 0 radical (unpaired) electrons. The number of carbonyl (C=O) groups is 3. The van der Waals surface area contributed by atoms with Crippen molar-refractivity contribution in [3.05, 3.63) is 83.1 Å². The molecule has 0 spiro atoms. The summed E-state index contributed by atoms with van der Waals surface area (Å²) in [7, 11) is 0. The molecule has 0 aliphatic carbocycles. The molecule has 0 aliphatic rings. The summed E-state index contributed by atoms with van der Waals surface area (Å²) in [4.78, 5) is 36.1. The van der Waals surface area contributed by atoms with Crippen molar-refractivity contribution in [3.8, 4) is 0 Å². The topological polar surface area (TPSA) is 110 Å². The van der Waals surface area contributed by atoms with Crippen LogP contribution < -0.4 is 0 Å². The number of esters is 2. The quantitative estimate of drug-likeness (QED) is 0.557. The van der Waals surface area contributed by atoms with Crippen LogP contribution in [0.15, 0.2) is 60.9 Å². The monoisotopic (exact) mass is 384 g/mol. The van der Waals surface area contributed by atoms with E-state index in [1.807, 2.05) is 13.8 Å². The van der Waals surface area contributed by atoms with E-state index in [1.165, 1.54) is 24.3 Å².